The zero-order chi connectivity index (χ0) is 14.0. The number of anilines is 1. The summed E-state index contributed by atoms with van der Waals surface area (Å²) >= 11 is 3.22. The predicted octanol–water partition coefficient (Wildman–Crippen LogP) is 3.39. The Kier molecular flexibility index (Phi) is 4.79. The molecule has 0 amide bonds. The van der Waals surface area contributed by atoms with E-state index in [0.29, 0.717) is 30.0 Å². The van der Waals surface area contributed by atoms with Gasteiger partial charge in [-0.1, -0.05) is 15.9 Å². The second-order valence-electron chi connectivity index (χ2n) is 5.22. The maximum absolute atomic E-state index is 14.0. The van der Waals surface area contributed by atoms with Crippen LogP contribution >= 0.6 is 15.9 Å². The summed E-state index contributed by atoms with van der Waals surface area (Å²) < 4.78 is 28.1. The number of benzene rings is 1. The Morgan fingerprint density at radius 1 is 1.21 bits per heavy atom. The average Bonchev–Trinajstić information content (AvgIpc) is 2.38. The van der Waals surface area contributed by atoms with Crippen LogP contribution in [0.25, 0.3) is 0 Å². The molecule has 0 aromatic heterocycles. The van der Waals surface area contributed by atoms with Gasteiger partial charge in [0, 0.05) is 24.5 Å². The molecule has 2 rings (SSSR count). The number of hydrogen-bond acceptors (Lipinski definition) is 2. The van der Waals surface area contributed by atoms with Crippen LogP contribution in [0.3, 0.4) is 0 Å². The molecule has 1 saturated heterocycles. The molecule has 0 bridgehead atoms. The van der Waals surface area contributed by atoms with E-state index in [-0.39, 0.29) is 5.69 Å². The van der Waals surface area contributed by atoms with Crippen molar-refractivity contribution >= 4 is 21.6 Å². The molecule has 1 heterocycles. The van der Waals surface area contributed by atoms with E-state index < -0.39 is 11.6 Å². The van der Waals surface area contributed by atoms with Crippen molar-refractivity contribution < 1.29 is 8.78 Å². The summed E-state index contributed by atoms with van der Waals surface area (Å²) in [4.78, 5) is 4.00. The van der Waals surface area contributed by atoms with Gasteiger partial charge in [-0.05, 0) is 44.6 Å². The fraction of sp³-hybridized carbons (Fsp3) is 0.571. The summed E-state index contributed by atoms with van der Waals surface area (Å²) in [7, 11) is 4.10. The van der Waals surface area contributed by atoms with Crippen molar-refractivity contribution in [3.05, 3.63) is 29.3 Å². The molecule has 1 aromatic rings. The highest BCUT2D eigenvalue weighted by molar-refractivity contribution is 9.08. The van der Waals surface area contributed by atoms with Crippen molar-refractivity contribution in [3.63, 3.8) is 0 Å². The molecule has 1 fully saturated rings. The Balaban J connectivity index is 2.15. The average molecular weight is 333 g/mol. The van der Waals surface area contributed by atoms with Gasteiger partial charge < -0.3 is 9.80 Å². The quantitative estimate of drug-likeness (QED) is 0.783. The van der Waals surface area contributed by atoms with Gasteiger partial charge in [-0.2, -0.15) is 0 Å². The van der Waals surface area contributed by atoms with E-state index in [9.17, 15) is 8.78 Å². The monoisotopic (exact) mass is 332 g/mol. The Bertz CT molecular complexity index is 420. The molecule has 0 N–H and O–H groups in total. The summed E-state index contributed by atoms with van der Waals surface area (Å²) in [6.07, 6.45) is 1.87. The zero-order valence-electron chi connectivity index (χ0n) is 11.3. The lowest BCUT2D eigenvalue weighted by Crippen LogP contribution is -2.42. The second kappa shape index (κ2) is 6.18. The van der Waals surface area contributed by atoms with E-state index in [0.717, 1.165) is 12.8 Å². The van der Waals surface area contributed by atoms with Gasteiger partial charge in [-0.3, -0.25) is 0 Å². The Morgan fingerprint density at radius 2 is 1.74 bits per heavy atom. The number of piperidine rings is 1. The van der Waals surface area contributed by atoms with E-state index in [4.69, 9.17) is 0 Å². The third kappa shape index (κ3) is 3.26. The highest BCUT2D eigenvalue weighted by atomic mass is 79.9. The number of halogens is 3. The standard InChI is InChI=1S/C14H19BrF2N2/c1-18(2)11-3-5-19(6-4-11)14-12(16)7-10(9-15)8-13(14)17/h7-8,11H,3-6,9H2,1-2H3. The summed E-state index contributed by atoms with van der Waals surface area (Å²) in [6, 6.07) is 3.32. The molecule has 106 valence electrons. The highest BCUT2D eigenvalue weighted by Gasteiger charge is 2.24. The highest BCUT2D eigenvalue weighted by Crippen LogP contribution is 2.29. The lowest BCUT2D eigenvalue weighted by Gasteiger charge is -2.36. The lowest BCUT2D eigenvalue weighted by molar-refractivity contribution is 0.249. The molecule has 5 heteroatoms. The van der Waals surface area contributed by atoms with Gasteiger partial charge in [0.25, 0.3) is 0 Å². The van der Waals surface area contributed by atoms with E-state index in [2.05, 4.69) is 20.8 Å². The molecular formula is C14H19BrF2N2. The van der Waals surface area contributed by atoms with Gasteiger partial charge >= 0.3 is 0 Å². The first-order chi connectivity index (χ1) is 9.02. The van der Waals surface area contributed by atoms with Crippen LogP contribution in [-0.4, -0.2) is 38.1 Å². The van der Waals surface area contributed by atoms with Crippen molar-refractivity contribution in [2.24, 2.45) is 0 Å². The van der Waals surface area contributed by atoms with Crippen LogP contribution in [0.15, 0.2) is 12.1 Å². The Labute approximate surface area is 121 Å². The van der Waals surface area contributed by atoms with E-state index in [1.807, 2.05) is 19.0 Å². The maximum atomic E-state index is 14.0. The topological polar surface area (TPSA) is 6.48 Å². The number of hydrogen-bond donors (Lipinski definition) is 0. The third-order valence-electron chi connectivity index (χ3n) is 3.74. The molecule has 0 spiro atoms. The Hall–Kier alpha value is -0.680. The van der Waals surface area contributed by atoms with Gasteiger partial charge in [0.1, 0.15) is 17.3 Å². The van der Waals surface area contributed by atoms with Gasteiger partial charge in [-0.15, -0.1) is 0 Å². The maximum Gasteiger partial charge on any atom is 0.149 e. The normalized spacial score (nSPS) is 17.3. The van der Waals surface area contributed by atoms with Crippen molar-refractivity contribution in [1.29, 1.82) is 0 Å². The van der Waals surface area contributed by atoms with E-state index >= 15 is 0 Å². The molecule has 0 unspecified atom stereocenters. The van der Waals surface area contributed by atoms with Crippen LogP contribution in [-0.2, 0) is 5.33 Å². The van der Waals surface area contributed by atoms with Gasteiger partial charge in [0.05, 0.1) is 0 Å². The predicted molar refractivity (Wildman–Crippen MR) is 77.9 cm³/mol. The summed E-state index contributed by atoms with van der Waals surface area (Å²) in [5.74, 6) is -0.921. The van der Waals surface area contributed by atoms with Crippen LogP contribution in [0, 0.1) is 11.6 Å². The first-order valence-electron chi connectivity index (χ1n) is 6.48. The first kappa shape index (κ1) is 14.7. The van der Waals surface area contributed by atoms with Crippen LogP contribution in [0.1, 0.15) is 18.4 Å². The van der Waals surface area contributed by atoms with Crippen molar-refractivity contribution in [2.75, 3.05) is 32.1 Å². The molecule has 0 radical (unpaired) electrons. The van der Waals surface area contributed by atoms with Crippen LogP contribution in [0.5, 0.6) is 0 Å². The smallest absolute Gasteiger partial charge is 0.149 e. The van der Waals surface area contributed by atoms with Gasteiger partial charge in [0.2, 0.25) is 0 Å². The SMILES string of the molecule is CN(C)C1CCN(c2c(F)cc(CBr)cc2F)CC1. The summed E-state index contributed by atoms with van der Waals surface area (Å²) in [6.45, 7) is 1.40. The van der Waals surface area contributed by atoms with E-state index in [1.54, 1.807) is 0 Å². The van der Waals surface area contributed by atoms with Crippen LogP contribution in [0.2, 0.25) is 0 Å². The van der Waals surface area contributed by atoms with Crippen molar-refractivity contribution in [2.45, 2.75) is 24.2 Å². The number of nitrogens with zero attached hydrogens (tertiary/aromatic N) is 2. The molecule has 0 atom stereocenters. The largest absolute Gasteiger partial charge is 0.367 e. The molecule has 1 aromatic carbocycles. The lowest BCUT2D eigenvalue weighted by atomic mass is 10.0. The molecule has 0 aliphatic carbocycles. The first-order valence-corrected chi connectivity index (χ1v) is 7.60. The van der Waals surface area contributed by atoms with Crippen molar-refractivity contribution in [3.8, 4) is 0 Å². The minimum absolute atomic E-state index is 0.127. The zero-order valence-corrected chi connectivity index (χ0v) is 12.9. The van der Waals surface area contributed by atoms with Crippen molar-refractivity contribution in [1.82, 2.24) is 4.90 Å². The van der Waals surface area contributed by atoms with Crippen LogP contribution in [0.4, 0.5) is 14.5 Å². The molecule has 19 heavy (non-hydrogen) atoms. The molecular weight excluding hydrogens is 314 g/mol. The summed E-state index contributed by atoms with van der Waals surface area (Å²) in [5, 5.41) is 0.462. The molecule has 0 saturated carbocycles. The van der Waals surface area contributed by atoms with Gasteiger partial charge in [-0.25, -0.2) is 8.78 Å². The molecule has 1 aliphatic heterocycles. The van der Waals surface area contributed by atoms with Crippen LogP contribution < -0.4 is 4.90 Å². The fourth-order valence-corrected chi connectivity index (χ4v) is 2.93. The minimum atomic E-state index is -0.460. The minimum Gasteiger partial charge on any atom is -0.367 e. The Morgan fingerprint density at radius 3 is 2.16 bits per heavy atom. The molecule has 1 aliphatic rings. The van der Waals surface area contributed by atoms with E-state index in [1.165, 1.54) is 12.1 Å². The second-order valence-corrected chi connectivity index (χ2v) is 5.78. The molecule has 2 nitrogen and oxygen atoms in total. The number of alkyl halides is 1. The summed E-state index contributed by atoms with van der Waals surface area (Å²) in [5.41, 5.74) is 0.754. The fourth-order valence-electron chi connectivity index (χ4n) is 2.60. The third-order valence-corrected chi connectivity index (χ3v) is 4.39. The van der Waals surface area contributed by atoms with Gasteiger partial charge in [0.15, 0.2) is 0 Å². The number of rotatable bonds is 3.